The van der Waals surface area contributed by atoms with Gasteiger partial charge in [0.2, 0.25) is 21.8 Å². The molecule has 0 spiro atoms. The van der Waals surface area contributed by atoms with E-state index in [-0.39, 0.29) is 30.2 Å². The summed E-state index contributed by atoms with van der Waals surface area (Å²) in [5, 5.41) is 2.97. The molecule has 2 saturated heterocycles. The molecule has 1 aromatic rings. The molecule has 2 aliphatic heterocycles. The maximum atomic E-state index is 12.4. The number of nitrogens with zero attached hydrogens (tertiary/aromatic N) is 2. The van der Waals surface area contributed by atoms with Crippen LogP contribution in [0.15, 0.2) is 22.8 Å². The fourth-order valence-electron chi connectivity index (χ4n) is 3.34. The first-order chi connectivity index (χ1) is 11.8. The van der Waals surface area contributed by atoms with Gasteiger partial charge in [0, 0.05) is 32.1 Å². The van der Waals surface area contributed by atoms with Crippen LogP contribution in [0.25, 0.3) is 0 Å². The molecule has 3 rings (SSSR count). The lowest BCUT2D eigenvalue weighted by molar-refractivity contribution is -0.129. The van der Waals surface area contributed by atoms with Crippen LogP contribution in [0.4, 0.5) is 0 Å². The van der Waals surface area contributed by atoms with Crippen molar-refractivity contribution >= 4 is 21.8 Å². The second-order valence-electron chi connectivity index (χ2n) is 6.70. The Labute approximate surface area is 147 Å². The third-order valence-corrected chi connectivity index (χ3v) is 6.08. The van der Waals surface area contributed by atoms with Gasteiger partial charge in [0.1, 0.15) is 5.76 Å². The first kappa shape index (κ1) is 17.9. The predicted octanol–water partition coefficient (Wildman–Crippen LogP) is 0.168. The molecule has 0 saturated carbocycles. The third kappa shape index (κ3) is 4.40. The van der Waals surface area contributed by atoms with Crippen molar-refractivity contribution in [2.24, 2.45) is 5.92 Å². The number of nitrogens with one attached hydrogen (secondary N) is 1. The molecule has 3 heterocycles. The summed E-state index contributed by atoms with van der Waals surface area (Å²) in [6.07, 6.45) is 4.15. The molecule has 0 radical (unpaired) electrons. The number of likely N-dealkylation sites (tertiary alicyclic amines) is 1. The Kier molecular flexibility index (Phi) is 5.14. The Balaban J connectivity index is 1.48. The molecule has 0 aliphatic carbocycles. The number of furan rings is 1. The Hall–Kier alpha value is -1.87. The van der Waals surface area contributed by atoms with Crippen molar-refractivity contribution in [3.8, 4) is 0 Å². The lowest BCUT2D eigenvalue weighted by Gasteiger charge is -2.31. The first-order valence-electron chi connectivity index (χ1n) is 8.38. The molecule has 25 heavy (non-hydrogen) atoms. The van der Waals surface area contributed by atoms with Crippen LogP contribution < -0.4 is 5.32 Å². The van der Waals surface area contributed by atoms with E-state index in [0.717, 1.165) is 0 Å². The van der Waals surface area contributed by atoms with Gasteiger partial charge in [-0.15, -0.1) is 0 Å². The molecule has 0 bridgehead atoms. The Morgan fingerprint density at radius 1 is 1.36 bits per heavy atom. The average Bonchev–Trinajstić information content (AvgIpc) is 3.18. The predicted molar refractivity (Wildman–Crippen MR) is 89.8 cm³/mol. The fraction of sp³-hybridized carbons (Fsp3) is 0.625. The second kappa shape index (κ2) is 7.17. The lowest BCUT2D eigenvalue weighted by atomic mass is 10.0. The smallest absolute Gasteiger partial charge is 0.225 e. The molecule has 0 aromatic carbocycles. The summed E-state index contributed by atoms with van der Waals surface area (Å²) >= 11 is 0. The Morgan fingerprint density at radius 2 is 2.08 bits per heavy atom. The van der Waals surface area contributed by atoms with Crippen LogP contribution in [0, 0.1) is 5.92 Å². The fourth-order valence-corrected chi connectivity index (χ4v) is 4.22. The third-order valence-electron chi connectivity index (χ3n) is 4.78. The van der Waals surface area contributed by atoms with Gasteiger partial charge in [-0.1, -0.05) is 0 Å². The lowest BCUT2D eigenvalue weighted by Crippen LogP contribution is -2.47. The highest BCUT2D eigenvalue weighted by Gasteiger charge is 2.36. The number of sulfonamides is 1. The summed E-state index contributed by atoms with van der Waals surface area (Å²) < 4.78 is 29.7. The molecule has 138 valence electrons. The summed E-state index contributed by atoms with van der Waals surface area (Å²) in [6.45, 7) is 1.59. The van der Waals surface area contributed by atoms with E-state index >= 15 is 0 Å². The largest absolute Gasteiger partial charge is 0.467 e. The van der Waals surface area contributed by atoms with E-state index in [4.69, 9.17) is 4.42 Å². The van der Waals surface area contributed by atoms with Crippen LogP contribution in [0.3, 0.4) is 0 Å². The van der Waals surface area contributed by atoms with Gasteiger partial charge in [-0.2, -0.15) is 0 Å². The number of rotatable bonds is 5. The molecule has 0 unspecified atom stereocenters. The van der Waals surface area contributed by atoms with E-state index in [1.165, 1.54) is 10.6 Å². The highest BCUT2D eigenvalue weighted by molar-refractivity contribution is 7.88. The number of hydrogen-bond acceptors (Lipinski definition) is 5. The molecular weight excluding hydrogens is 346 g/mol. The van der Waals surface area contributed by atoms with Gasteiger partial charge in [0.15, 0.2) is 0 Å². The molecule has 1 aromatic heterocycles. The van der Waals surface area contributed by atoms with Crippen LogP contribution in [0.5, 0.6) is 0 Å². The van der Waals surface area contributed by atoms with Crippen LogP contribution in [0.2, 0.25) is 0 Å². The van der Waals surface area contributed by atoms with E-state index in [1.807, 2.05) is 0 Å². The molecule has 1 atom stereocenters. The molecule has 1 N–H and O–H groups in total. The SMILES string of the molecule is CS(=O)(=O)N1CCC(NC(=O)[C@@H]2CC(=O)N(Cc3ccco3)C2)CC1. The summed E-state index contributed by atoms with van der Waals surface area (Å²) in [5.74, 6) is 0.148. The molecule has 2 aliphatic rings. The van der Waals surface area contributed by atoms with Gasteiger partial charge in [0.05, 0.1) is 25.0 Å². The molecule has 8 nitrogen and oxygen atoms in total. The van der Waals surface area contributed by atoms with Gasteiger partial charge >= 0.3 is 0 Å². The zero-order valence-electron chi connectivity index (χ0n) is 14.2. The summed E-state index contributed by atoms with van der Waals surface area (Å²) in [4.78, 5) is 26.2. The molecular formula is C16H23N3O5S. The number of amides is 2. The minimum absolute atomic E-state index is 0.0419. The van der Waals surface area contributed by atoms with Gasteiger partial charge < -0.3 is 14.6 Å². The topological polar surface area (TPSA) is 99.9 Å². The van der Waals surface area contributed by atoms with Crippen molar-refractivity contribution in [3.05, 3.63) is 24.2 Å². The Bertz CT molecular complexity index is 723. The van der Waals surface area contributed by atoms with Crippen molar-refractivity contribution in [3.63, 3.8) is 0 Å². The van der Waals surface area contributed by atoms with Gasteiger partial charge in [-0.05, 0) is 25.0 Å². The number of hydrogen-bond donors (Lipinski definition) is 1. The zero-order chi connectivity index (χ0) is 18.0. The summed E-state index contributed by atoms with van der Waals surface area (Å²) in [7, 11) is -3.17. The van der Waals surface area contributed by atoms with Gasteiger partial charge in [-0.25, -0.2) is 12.7 Å². The van der Waals surface area contributed by atoms with Crippen molar-refractivity contribution in [2.45, 2.75) is 31.8 Å². The van der Waals surface area contributed by atoms with Crippen LogP contribution in [-0.4, -0.2) is 61.4 Å². The van der Waals surface area contributed by atoms with E-state index in [1.54, 1.807) is 23.3 Å². The van der Waals surface area contributed by atoms with Crippen LogP contribution >= 0.6 is 0 Å². The number of carbonyl (C=O) groups excluding carboxylic acids is 2. The second-order valence-corrected chi connectivity index (χ2v) is 8.68. The minimum atomic E-state index is -3.17. The minimum Gasteiger partial charge on any atom is -0.467 e. The highest BCUT2D eigenvalue weighted by atomic mass is 32.2. The maximum absolute atomic E-state index is 12.4. The van der Waals surface area contributed by atoms with Crippen molar-refractivity contribution in [1.82, 2.24) is 14.5 Å². The first-order valence-corrected chi connectivity index (χ1v) is 10.2. The normalized spacial score (nSPS) is 23.2. The van der Waals surface area contributed by atoms with Crippen molar-refractivity contribution in [1.29, 1.82) is 0 Å². The molecule has 9 heteroatoms. The van der Waals surface area contributed by atoms with E-state index in [9.17, 15) is 18.0 Å². The number of carbonyl (C=O) groups is 2. The van der Waals surface area contributed by atoms with Crippen molar-refractivity contribution < 1.29 is 22.4 Å². The number of piperidine rings is 1. The summed E-state index contributed by atoms with van der Waals surface area (Å²) in [6, 6.07) is 3.53. The zero-order valence-corrected chi connectivity index (χ0v) is 15.0. The van der Waals surface area contributed by atoms with Gasteiger partial charge in [0.25, 0.3) is 0 Å². The highest BCUT2D eigenvalue weighted by Crippen LogP contribution is 2.21. The van der Waals surface area contributed by atoms with E-state index in [0.29, 0.717) is 44.8 Å². The molecule has 2 amide bonds. The maximum Gasteiger partial charge on any atom is 0.225 e. The quantitative estimate of drug-likeness (QED) is 0.797. The standard InChI is InChI=1S/C16H23N3O5S/c1-25(22,23)19-6-4-13(5-7-19)17-16(21)12-9-15(20)18(10-12)11-14-3-2-8-24-14/h2-3,8,12-13H,4-7,9-11H2,1H3,(H,17,21)/t12-/m1/s1. The van der Waals surface area contributed by atoms with E-state index in [2.05, 4.69) is 5.32 Å². The molecule has 2 fully saturated rings. The van der Waals surface area contributed by atoms with Gasteiger partial charge in [-0.3, -0.25) is 9.59 Å². The van der Waals surface area contributed by atoms with Crippen LogP contribution in [0.1, 0.15) is 25.0 Å². The summed E-state index contributed by atoms with van der Waals surface area (Å²) in [5.41, 5.74) is 0. The van der Waals surface area contributed by atoms with Crippen LogP contribution in [-0.2, 0) is 26.2 Å². The average molecular weight is 369 g/mol. The van der Waals surface area contributed by atoms with Crippen molar-refractivity contribution in [2.75, 3.05) is 25.9 Å². The Morgan fingerprint density at radius 3 is 2.68 bits per heavy atom. The monoisotopic (exact) mass is 369 g/mol. The van der Waals surface area contributed by atoms with E-state index < -0.39 is 10.0 Å².